The van der Waals surface area contributed by atoms with Crippen molar-refractivity contribution in [2.75, 3.05) is 6.54 Å². The lowest BCUT2D eigenvalue weighted by molar-refractivity contribution is 0.366. The van der Waals surface area contributed by atoms with Crippen LogP contribution in [-0.2, 0) is 19.4 Å². The number of nitrogens with zero attached hydrogens (tertiary/aromatic N) is 1. The molecule has 2 aliphatic carbocycles. The van der Waals surface area contributed by atoms with Crippen molar-refractivity contribution >= 4 is 15.9 Å². The van der Waals surface area contributed by atoms with E-state index < -0.39 is 0 Å². The Balaban J connectivity index is 1.53. The van der Waals surface area contributed by atoms with Crippen molar-refractivity contribution in [1.82, 2.24) is 10.5 Å². The zero-order valence-corrected chi connectivity index (χ0v) is 11.8. The van der Waals surface area contributed by atoms with E-state index in [2.05, 4.69) is 33.3 Å². The summed E-state index contributed by atoms with van der Waals surface area (Å²) < 4.78 is 5.78. The molecule has 3 nitrogen and oxygen atoms in total. The molecule has 1 aromatic rings. The molecule has 3 rings (SSSR count). The van der Waals surface area contributed by atoms with Gasteiger partial charge in [-0.05, 0) is 45.1 Å². The van der Waals surface area contributed by atoms with Gasteiger partial charge in [-0.3, -0.25) is 0 Å². The van der Waals surface area contributed by atoms with Crippen LogP contribution >= 0.6 is 15.9 Å². The van der Waals surface area contributed by atoms with Gasteiger partial charge in [0.05, 0.1) is 0 Å². The van der Waals surface area contributed by atoms with Crippen LogP contribution in [0.3, 0.4) is 0 Å². The third kappa shape index (κ3) is 2.43. The summed E-state index contributed by atoms with van der Waals surface area (Å²) >= 11 is 3.72. The first-order chi connectivity index (χ1) is 8.17. The second kappa shape index (κ2) is 4.39. The number of nitrogens with one attached hydrogen (secondary N) is 1. The Morgan fingerprint density at radius 2 is 2.24 bits per heavy atom. The van der Waals surface area contributed by atoms with Gasteiger partial charge in [-0.25, -0.2) is 0 Å². The quantitative estimate of drug-likeness (QED) is 0.869. The molecular weight excluding hydrogens is 280 g/mol. The molecule has 0 bridgehead atoms. The van der Waals surface area contributed by atoms with E-state index in [4.69, 9.17) is 4.52 Å². The molecule has 0 spiro atoms. The second-order valence-electron chi connectivity index (χ2n) is 5.55. The molecular formula is C13H19BrN2O. The van der Waals surface area contributed by atoms with Gasteiger partial charge in [0, 0.05) is 22.9 Å². The van der Waals surface area contributed by atoms with E-state index in [1.165, 1.54) is 24.8 Å². The maximum atomic E-state index is 5.40. The van der Waals surface area contributed by atoms with Crippen LogP contribution in [0.4, 0.5) is 0 Å². The fourth-order valence-corrected chi connectivity index (χ4v) is 3.21. The Kier molecular flexibility index (Phi) is 3.03. The molecule has 0 amide bonds. The molecule has 94 valence electrons. The predicted molar refractivity (Wildman–Crippen MR) is 70.3 cm³/mol. The number of alkyl halides is 1. The Hall–Kier alpha value is -0.350. The SMILES string of the molecule is CC1(Br)CC1CNCc1noc2c1CCCC2. The van der Waals surface area contributed by atoms with Gasteiger partial charge in [0.25, 0.3) is 0 Å². The number of fused-ring (bicyclic) bond motifs is 1. The number of aromatic nitrogens is 1. The minimum Gasteiger partial charge on any atom is -0.361 e. The molecule has 0 radical (unpaired) electrons. The molecule has 1 N–H and O–H groups in total. The highest BCUT2D eigenvalue weighted by Crippen LogP contribution is 2.50. The van der Waals surface area contributed by atoms with Crippen LogP contribution in [0.2, 0.25) is 0 Å². The van der Waals surface area contributed by atoms with E-state index in [0.29, 0.717) is 4.32 Å². The minimum atomic E-state index is 0.378. The van der Waals surface area contributed by atoms with E-state index in [0.717, 1.165) is 43.3 Å². The summed E-state index contributed by atoms with van der Waals surface area (Å²) in [5.74, 6) is 1.90. The summed E-state index contributed by atoms with van der Waals surface area (Å²) in [5.41, 5.74) is 2.51. The van der Waals surface area contributed by atoms with Crippen molar-refractivity contribution in [3.8, 4) is 0 Å². The third-order valence-electron chi connectivity index (χ3n) is 4.05. The Morgan fingerprint density at radius 3 is 3.00 bits per heavy atom. The molecule has 2 unspecified atom stereocenters. The first-order valence-electron chi connectivity index (χ1n) is 6.53. The third-order valence-corrected chi connectivity index (χ3v) is 5.02. The summed E-state index contributed by atoms with van der Waals surface area (Å²) in [6.07, 6.45) is 6.03. The van der Waals surface area contributed by atoms with Crippen LogP contribution in [0.1, 0.15) is 43.2 Å². The first-order valence-corrected chi connectivity index (χ1v) is 7.32. The zero-order valence-electron chi connectivity index (χ0n) is 10.3. The van der Waals surface area contributed by atoms with E-state index in [1.807, 2.05) is 0 Å². The van der Waals surface area contributed by atoms with Crippen molar-refractivity contribution in [1.29, 1.82) is 0 Å². The Labute approximate surface area is 110 Å². The lowest BCUT2D eigenvalue weighted by Crippen LogP contribution is -2.20. The van der Waals surface area contributed by atoms with E-state index in [1.54, 1.807) is 0 Å². The average Bonchev–Trinajstić information content (AvgIpc) is 2.74. The lowest BCUT2D eigenvalue weighted by Gasteiger charge is -2.09. The molecule has 2 atom stereocenters. The summed E-state index contributed by atoms with van der Waals surface area (Å²) in [4.78, 5) is 0. The molecule has 1 fully saturated rings. The molecule has 17 heavy (non-hydrogen) atoms. The van der Waals surface area contributed by atoms with Gasteiger partial charge in [0.15, 0.2) is 0 Å². The number of hydrogen-bond donors (Lipinski definition) is 1. The molecule has 0 saturated heterocycles. The molecule has 1 heterocycles. The van der Waals surface area contributed by atoms with Gasteiger partial charge < -0.3 is 9.84 Å². The van der Waals surface area contributed by atoms with Crippen molar-refractivity contribution in [3.63, 3.8) is 0 Å². The molecule has 2 aliphatic rings. The first kappa shape index (κ1) is 11.7. The average molecular weight is 299 g/mol. The van der Waals surface area contributed by atoms with Crippen molar-refractivity contribution in [2.24, 2.45) is 5.92 Å². The van der Waals surface area contributed by atoms with Gasteiger partial charge in [-0.1, -0.05) is 21.1 Å². The van der Waals surface area contributed by atoms with Crippen LogP contribution in [-0.4, -0.2) is 16.0 Å². The van der Waals surface area contributed by atoms with Crippen LogP contribution in [0, 0.1) is 5.92 Å². The number of rotatable bonds is 4. The molecule has 1 saturated carbocycles. The van der Waals surface area contributed by atoms with E-state index in [-0.39, 0.29) is 0 Å². The minimum absolute atomic E-state index is 0.378. The van der Waals surface area contributed by atoms with Crippen LogP contribution < -0.4 is 5.32 Å². The Morgan fingerprint density at radius 1 is 1.47 bits per heavy atom. The standard InChI is InChI=1S/C13H19BrN2O/c1-13(14)6-9(13)7-15-8-11-10-4-2-3-5-12(10)17-16-11/h9,15H,2-8H2,1H3. The van der Waals surface area contributed by atoms with E-state index in [9.17, 15) is 0 Å². The largest absolute Gasteiger partial charge is 0.361 e. The molecule has 1 aromatic heterocycles. The van der Waals surface area contributed by atoms with Crippen LogP contribution in [0.25, 0.3) is 0 Å². The fraction of sp³-hybridized carbons (Fsp3) is 0.769. The lowest BCUT2D eigenvalue weighted by atomic mass is 9.96. The topological polar surface area (TPSA) is 38.1 Å². The number of aryl methyl sites for hydroxylation is 1. The van der Waals surface area contributed by atoms with Gasteiger partial charge in [0.1, 0.15) is 11.5 Å². The maximum Gasteiger partial charge on any atom is 0.140 e. The highest BCUT2D eigenvalue weighted by Gasteiger charge is 2.47. The van der Waals surface area contributed by atoms with Crippen molar-refractivity contribution in [3.05, 3.63) is 17.0 Å². The maximum absolute atomic E-state index is 5.40. The molecule has 0 aromatic carbocycles. The van der Waals surface area contributed by atoms with Crippen LogP contribution in [0.15, 0.2) is 4.52 Å². The van der Waals surface area contributed by atoms with Gasteiger partial charge in [-0.15, -0.1) is 0 Å². The molecule has 4 heteroatoms. The fourth-order valence-electron chi connectivity index (χ4n) is 2.66. The zero-order chi connectivity index (χ0) is 11.9. The van der Waals surface area contributed by atoms with Crippen molar-refractivity contribution < 1.29 is 4.52 Å². The number of halogens is 1. The smallest absolute Gasteiger partial charge is 0.140 e. The van der Waals surface area contributed by atoms with Crippen LogP contribution in [0.5, 0.6) is 0 Å². The predicted octanol–water partition coefficient (Wildman–Crippen LogP) is 2.82. The van der Waals surface area contributed by atoms with Crippen molar-refractivity contribution in [2.45, 2.75) is 49.9 Å². The summed E-state index contributed by atoms with van der Waals surface area (Å²) in [6.45, 7) is 4.19. The highest BCUT2D eigenvalue weighted by molar-refractivity contribution is 9.10. The summed E-state index contributed by atoms with van der Waals surface area (Å²) in [6, 6.07) is 0. The monoisotopic (exact) mass is 298 g/mol. The normalized spacial score (nSPS) is 31.3. The molecule has 0 aliphatic heterocycles. The Bertz CT molecular complexity index is 414. The van der Waals surface area contributed by atoms with Gasteiger partial charge >= 0.3 is 0 Å². The van der Waals surface area contributed by atoms with Gasteiger partial charge in [-0.2, -0.15) is 0 Å². The van der Waals surface area contributed by atoms with E-state index >= 15 is 0 Å². The second-order valence-corrected chi connectivity index (χ2v) is 7.36. The summed E-state index contributed by atoms with van der Waals surface area (Å²) in [7, 11) is 0. The summed E-state index contributed by atoms with van der Waals surface area (Å²) in [5, 5.41) is 7.71. The van der Waals surface area contributed by atoms with Gasteiger partial charge in [0.2, 0.25) is 0 Å². The highest BCUT2D eigenvalue weighted by atomic mass is 79.9. The number of hydrogen-bond acceptors (Lipinski definition) is 3.